The zero-order valence-electron chi connectivity index (χ0n) is 13.1. The summed E-state index contributed by atoms with van der Waals surface area (Å²) < 4.78 is 25.0. The quantitative estimate of drug-likeness (QED) is 0.387. The lowest BCUT2D eigenvalue weighted by Gasteiger charge is -2.12. The summed E-state index contributed by atoms with van der Waals surface area (Å²) >= 11 is 3.46. The molecule has 0 saturated heterocycles. The Morgan fingerprint density at radius 3 is 2.75 bits per heavy atom. The summed E-state index contributed by atoms with van der Waals surface area (Å²) in [4.78, 5) is 0. The molecule has 0 aliphatic heterocycles. The molecule has 24 heavy (non-hydrogen) atoms. The van der Waals surface area contributed by atoms with Crippen molar-refractivity contribution in [1.82, 2.24) is 0 Å². The summed E-state index contributed by atoms with van der Waals surface area (Å²) in [5.74, 6) is 0.701. The molecule has 0 aliphatic rings. The van der Waals surface area contributed by atoms with Gasteiger partial charge in [-0.05, 0) is 41.5 Å². The Labute approximate surface area is 148 Å². The minimum atomic E-state index is -0.390. The van der Waals surface area contributed by atoms with Gasteiger partial charge in [0.1, 0.15) is 12.4 Å². The number of halogens is 2. The van der Waals surface area contributed by atoms with Crippen LogP contribution in [0.4, 0.5) is 4.39 Å². The lowest BCUT2D eigenvalue weighted by Crippen LogP contribution is -1.97. The smallest absolute Gasteiger partial charge is 0.162 e. The highest BCUT2D eigenvalue weighted by Gasteiger charge is 2.11. The number of ether oxygens (including phenoxy) is 2. The summed E-state index contributed by atoms with van der Waals surface area (Å²) in [5.41, 5.74) is 1.57. The van der Waals surface area contributed by atoms with Gasteiger partial charge in [-0.3, -0.25) is 0 Å². The molecule has 0 aliphatic carbocycles. The van der Waals surface area contributed by atoms with Crippen LogP contribution in [0.5, 0.6) is 11.5 Å². The number of methoxy groups -OCH3 is 1. The van der Waals surface area contributed by atoms with Crippen molar-refractivity contribution in [3.8, 4) is 17.6 Å². The molecule has 2 aromatic rings. The maximum Gasteiger partial charge on any atom is 0.162 e. The third kappa shape index (κ3) is 4.24. The van der Waals surface area contributed by atoms with Gasteiger partial charge in [0.15, 0.2) is 11.5 Å². The average Bonchev–Trinajstić information content (AvgIpc) is 2.59. The third-order valence-corrected chi connectivity index (χ3v) is 3.88. The van der Waals surface area contributed by atoms with E-state index in [1.165, 1.54) is 19.2 Å². The van der Waals surface area contributed by atoms with E-state index in [0.29, 0.717) is 29.2 Å². The highest BCUT2D eigenvalue weighted by molar-refractivity contribution is 9.10. The monoisotopic (exact) mass is 387 g/mol. The second-order valence-electron chi connectivity index (χ2n) is 4.80. The maximum absolute atomic E-state index is 13.4. The molecule has 3 nitrogen and oxygen atoms in total. The summed E-state index contributed by atoms with van der Waals surface area (Å²) in [5, 5.41) is 9.40. The Morgan fingerprint density at radius 1 is 1.33 bits per heavy atom. The van der Waals surface area contributed by atoms with Crippen LogP contribution >= 0.6 is 15.9 Å². The van der Waals surface area contributed by atoms with E-state index in [1.807, 2.05) is 0 Å². The molecular formula is C19H15BrFNO2. The largest absolute Gasteiger partial charge is 0.493 e. The summed E-state index contributed by atoms with van der Waals surface area (Å²) in [6.45, 7) is 3.96. The molecule has 2 aromatic carbocycles. The Hall–Kier alpha value is -2.58. The first-order valence-electron chi connectivity index (χ1n) is 7.08. The Morgan fingerprint density at radius 2 is 2.12 bits per heavy atom. The Bertz CT molecular complexity index is 825. The van der Waals surface area contributed by atoms with E-state index < -0.39 is 5.82 Å². The van der Waals surface area contributed by atoms with Gasteiger partial charge in [0, 0.05) is 4.47 Å². The number of nitrogens with zero attached hydrogens (tertiary/aromatic N) is 1. The average molecular weight is 388 g/mol. The summed E-state index contributed by atoms with van der Waals surface area (Å²) in [6.07, 6.45) is 3.30. The zero-order chi connectivity index (χ0) is 17.5. The van der Waals surface area contributed by atoms with Crippen molar-refractivity contribution in [2.45, 2.75) is 0 Å². The number of hydrogen-bond donors (Lipinski definition) is 0. The molecule has 0 saturated carbocycles. The van der Waals surface area contributed by atoms with E-state index in [9.17, 15) is 9.65 Å². The molecule has 0 amide bonds. The van der Waals surface area contributed by atoms with Gasteiger partial charge in [-0.25, -0.2) is 4.39 Å². The van der Waals surface area contributed by atoms with E-state index in [4.69, 9.17) is 9.47 Å². The topological polar surface area (TPSA) is 42.2 Å². The highest BCUT2D eigenvalue weighted by Crippen LogP contribution is 2.35. The highest BCUT2D eigenvalue weighted by atomic mass is 79.9. The molecule has 0 spiro atoms. The van der Waals surface area contributed by atoms with Crippen LogP contribution in [0, 0.1) is 17.1 Å². The van der Waals surface area contributed by atoms with Crippen LogP contribution in [0.25, 0.3) is 11.6 Å². The van der Waals surface area contributed by atoms with Gasteiger partial charge in [0.05, 0.1) is 18.8 Å². The fourth-order valence-corrected chi connectivity index (χ4v) is 2.51. The first-order chi connectivity index (χ1) is 11.6. The van der Waals surface area contributed by atoms with Gasteiger partial charge >= 0.3 is 0 Å². The van der Waals surface area contributed by atoms with Gasteiger partial charge in [-0.1, -0.05) is 40.7 Å². The van der Waals surface area contributed by atoms with Crippen LogP contribution in [0.3, 0.4) is 0 Å². The lowest BCUT2D eigenvalue weighted by atomic mass is 10.0. The fourth-order valence-electron chi connectivity index (χ4n) is 2.07. The van der Waals surface area contributed by atoms with E-state index in [1.54, 1.807) is 36.4 Å². The van der Waals surface area contributed by atoms with E-state index in [2.05, 4.69) is 28.6 Å². The van der Waals surface area contributed by atoms with Gasteiger partial charge in [-0.15, -0.1) is 0 Å². The van der Waals surface area contributed by atoms with Crippen LogP contribution in [0.15, 0.2) is 53.5 Å². The lowest BCUT2D eigenvalue weighted by molar-refractivity contribution is 0.326. The third-order valence-electron chi connectivity index (χ3n) is 3.20. The van der Waals surface area contributed by atoms with Gasteiger partial charge in [0.25, 0.3) is 0 Å². The predicted molar refractivity (Wildman–Crippen MR) is 96.3 cm³/mol. The van der Waals surface area contributed by atoms with Crippen molar-refractivity contribution < 1.29 is 13.9 Å². The van der Waals surface area contributed by atoms with E-state index in [-0.39, 0.29) is 0 Å². The van der Waals surface area contributed by atoms with Crippen molar-refractivity contribution in [2.75, 3.05) is 13.7 Å². The molecule has 0 radical (unpaired) electrons. The molecule has 0 fully saturated rings. The number of hydrogen-bond acceptors (Lipinski definition) is 3. The summed E-state index contributed by atoms with van der Waals surface area (Å²) in [7, 11) is 1.54. The first-order valence-corrected chi connectivity index (χ1v) is 7.87. The van der Waals surface area contributed by atoms with Gasteiger partial charge in [0.2, 0.25) is 0 Å². The maximum atomic E-state index is 13.4. The Balaban J connectivity index is 2.47. The van der Waals surface area contributed by atoms with Gasteiger partial charge in [-0.2, -0.15) is 5.26 Å². The predicted octanol–water partition coefficient (Wildman–Crippen LogP) is 5.23. The molecule has 0 aromatic heterocycles. The summed E-state index contributed by atoms with van der Waals surface area (Å²) in [6, 6.07) is 11.5. The molecule has 0 unspecified atom stereocenters. The zero-order valence-corrected chi connectivity index (χ0v) is 14.6. The molecule has 0 bridgehead atoms. The molecule has 2 rings (SSSR count). The van der Waals surface area contributed by atoms with Crippen LogP contribution in [-0.2, 0) is 0 Å². The van der Waals surface area contributed by atoms with Crippen molar-refractivity contribution in [3.63, 3.8) is 0 Å². The minimum absolute atomic E-state index is 0.344. The van der Waals surface area contributed by atoms with Crippen LogP contribution in [0.1, 0.15) is 11.1 Å². The number of rotatable bonds is 6. The molecule has 0 heterocycles. The second-order valence-corrected chi connectivity index (χ2v) is 5.66. The second kappa shape index (κ2) is 8.32. The van der Waals surface area contributed by atoms with Crippen LogP contribution < -0.4 is 9.47 Å². The van der Waals surface area contributed by atoms with Crippen LogP contribution in [0.2, 0.25) is 0 Å². The molecule has 0 atom stereocenters. The molecule has 0 N–H and O–H groups in total. The van der Waals surface area contributed by atoms with Crippen molar-refractivity contribution in [2.24, 2.45) is 0 Å². The Kier molecular flexibility index (Phi) is 6.16. The normalized spacial score (nSPS) is 10.8. The van der Waals surface area contributed by atoms with Crippen molar-refractivity contribution in [1.29, 1.82) is 5.26 Å². The number of benzene rings is 2. The van der Waals surface area contributed by atoms with Crippen molar-refractivity contribution >= 4 is 27.6 Å². The minimum Gasteiger partial charge on any atom is -0.493 e. The number of nitriles is 1. The fraction of sp³-hybridized carbons (Fsp3) is 0.105. The van der Waals surface area contributed by atoms with E-state index >= 15 is 0 Å². The van der Waals surface area contributed by atoms with Crippen LogP contribution in [-0.4, -0.2) is 13.7 Å². The SMILES string of the molecule is C=CCOc1cc(Br)c(/C=C(/C#N)c2cccc(F)c2)cc1OC. The standard InChI is InChI=1S/C19H15BrFNO2/c1-3-7-24-19-11-17(20)14(10-18(19)23-2)8-15(12-22)13-5-4-6-16(21)9-13/h3-6,8-11H,1,7H2,2H3/b15-8-. The van der Waals surface area contributed by atoms with E-state index in [0.717, 1.165) is 10.0 Å². The van der Waals surface area contributed by atoms with Crippen molar-refractivity contribution in [3.05, 3.63) is 70.5 Å². The molecule has 122 valence electrons. The van der Waals surface area contributed by atoms with Gasteiger partial charge < -0.3 is 9.47 Å². The molecular weight excluding hydrogens is 373 g/mol. The number of allylic oxidation sites excluding steroid dienone is 1. The first kappa shape index (κ1) is 17.8. The molecule has 5 heteroatoms.